The highest BCUT2D eigenvalue weighted by molar-refractivity contribution is 7.99. The van der Waals surface area contributed by atoms with Gasteiger partial charge in [-0.15, -0.1) is 0 Å². The number of alkyl halides is 2. The fourth-order valence-corrected chi connectivity index (χ4v) is 1.75. The van der Waals surface area contributed by atoms with Gasteiger partial charge in [0.2, 0.25) is 5.91 Å². The van der Waals surface area contributed by atoms with Gasteiger partial charge >= 0.3 is 5.97 Å². The molecule has 0 spiro atoms. The van der Waals surface area contributed by atoms with Crippen molar-refractivity contribution < 1.29 is 23.5 Å². The van der Waals surface area contributed by atoms with E-state index in [1.54, 1.807) is 0 Å². The minimum Gasteiger partial charge on any atom is -0.477 e. The SMILES string of the molecule is CC(=O)N/C(=C/c1ccc(SC(F)F)cc1)C(=O)O. The molecular weight excluding hydrogens is 276 g/mol. The lowest BCUT2D eigenvalue weighted by Crippen LogP contribution is -2.24. The summed E-state index contributed by atoms with van der Waals surface area (Å²) in [5.41, 5.74) is 0.214. The first-order valence-corrected chi connectivity index (χ1v) is 6.04. The topological polar surface area (TPSA) is 66.4 Å². The number of halogens is 2. The van der Waals surface area contributed by atoms with E-state index in [9.17, 15) is 18.4 Å². The molecule has 4 nitrogen and oxygen atoms in total. The lowest BCUT2D eigenvalue weighted by molar-refractivity contribution is -0.134. The molecule has 0 aliphatic carbocycles. The molecule has 19 heavy (non-hydrogen) atoms. The van der Waals surface area contributed by atoms with Gasteiger partial charge in [-0.25, -0.2) is 4.79 Å². The third-order valence-electron chi connectivity index (χ3n) is 1.96. The van der Waals surface area contributed by atoms with E-state index in [0.717, 1.165) is 0 Å². The van der Waals surface area contributed by atoms with Crippen LogP contribution in [0.1, 0.15) is 12.5 Å². The molecule has 1 aromatic rings. The van der Waals surface area contributed by atoms with Crippen molar-refractivity contribution in [2.45, 2.75) is 17.6 Å². The zero-order valence-corrected chi connectivity index (χ0v) is 10.7. The summed E-state index contributed by atoms with van der Waals surface area (Å²) in [6.45, 7) is 1.19. The van der Waals surface area contributed by atoms with Gasteiger partial charge in [0.1, 0.15) is 5.70 Å². The van der Waals surface area contributed by atoms with Crippen molar-refractivity contribution in [3.05, 3.63) is 35.5 Å². The van der Waals surface area contributed by atoms with Gasteiger partial charge in [0.25, 0.3) is 5.76 Å². The molecule has 0 radical (unpaired) electrons. The molecule has 102 valence electrons. The van der Waals surface area contributed by atoms with Crippen LogP contribution in [-0.2, 0) is 9.59 Å². The van der Waals surface area contributed by atoms with E-state index in [1.165, 1.54) is 37.3 Å². The molecule has 0 aromatic heterocycles. The second kappa shape index (κ2) is 6.89. The van der Waals surface area contributed by atoms with E-state index < -0.39 is 17.6 Å². The number of hydrogen-bond acceptors (Lipinski definition) is 3. The molecule has 2 N–H and O–H groups in total. The highest BCUT2D eigenvalue weighted by Crippen LogP contribution is 2.25. The molecular formula is C12H11F2NO3S. The molecule has 0 saturated carbocycles. The molecule has 0 bridgehead atoms. The Labute approximate surface area is 112 Å². The second-order valence-electron chi connectivity index (χ2n) is 3.49. The molecule has 0 atom stereocenters. The van der Waals surface area contributed by atoms with Crippen LogP contribution >= 0.6 is 11.8 Å². The van der Waals surface area contributed by atoms with E-state index in [1.807, 2.05) is 0 Å². The van der Waals surface area contributed by atoms with Crippen molar-refractivity contribution >= 4 is 29.7 Å². The Kier molecular flexibility index (Phi) is 5.50. The predicted molar refractivity (Wildman–Crippen MR) is 67.7 cm³/mol. The van der Waals surface area contributed by atoms with Gasteiger partial charge in [-0.2, -0.15) is 8.78 Å². The van der Waals surface area contributed by atoms with Gasteiger partial charge < -0.3 is 10.4 Å². The monoisotopic (exact) mass is 287 g/mol. The third kappa shape index (κ3) is 5.52. The van der Waals surface area contributed by atoms with E-state index in [4.69, 9.17) is 5.11 Å². The van der Waals surface area contributed by atoms with E-state index in [-0.39, 0.29) is 5.70 Å². The number of aliphatic carboxylic acids is 1. The Morgan fingerprint density at radius 2 is 1.89 bits per heavy atom. The standard InChI is InChI=1S/C12H11F2NO3S/c1-7(16)15-10(11(17)18)6-8-2-4-9(5-3-8)19-12(13)14/h2-6,12H,1H3,(H,15,16)(H,17,18)/b10-6+. The number of carbonyl (C=O) groups excluding carboxylic acids is 1. The Morgan fingerprint density at radius 3 is 2.32 bits per heavy atom. The molecule has 0 aliphatic rings. The highest BCUT2D eigenvalue weighted by atomic mass is 32.2. The fourth-order valence-electron chi connectivity index (χ4n) is 1.25. The van der Waals surface area contributed by atoms with Crippen LogP contribution in [0, 0.1) is 0 Å². The molecule has 7 heteroatoms. The molecule has 0 unspecified atom stereocenters. The minimum atomic E-state index is -2.50. The van der Waals surface area contributed by atoms with E-state index in [0.29, 0.717) is 22.2 Å². The molecule has 0 saturated heterocycles. The number of hydrogen-bond donors (Lipinski definition) is 2. The maximum atomic E-state index is 12.1. The highest BCUT2D eigenvalue weighted by Gasteiger charge is 2.09. The van der Waals surface area contributed by atoms with Crippen molar-refractivity contribution in [3.8, 4) is 0 Å². The summed E-state index contributed by atoms with van der Waals surface area (Å²) in [6.07, 6.45) is 1.25. The second-order valence-corrected chi connectivity index (χ2v) is 4.56. The number of thioether (sulfide) groups is 1. The van der Waals surface area contributed by atoms with Gasteiger partial charge in [0.15, 0.2) is 0 Å². The van der Waals surface area contributed by atoms with Gasteiger partial charge in [-0.1, -0.05) is 23.9 Å². The molecule has 1 aromatic carbocycles. The van der Waals surface area contributed by atoms with Gasteiger partial charge in [0.05, 0.1) is 0 Å². The maximum absolute atomic E-state index is 12.1. The number of carboxylic acids is 1. The van der Waals surface area contributed by atoms with Crippen molar-refractivity contribution in [2.75, 3.05) is 0 Å². The Hall–Kier alpha value is -1.89. The number of nitrogens with one attached hydrogen (secondary N) is 1. The lowest BCUT2D eigenvalue weighted by atomic mass is 10.2. The van der Waals surface area contributed by atoms with Crippen LogP contribution < -0.4 is 5.32 Å². The number of carbonyl (C=O) groups is 2. The summed E-state index contributed by atoms with van der Waals surface area (Å²) in [7, 11) is 0. The summed E-state index contributed by atoms with van der Waals surface area (Å²) >= 11 is 0.403. The van der Waals surface area contributed by atoms with E-state index in [2.05, 4.69) is 5.32 Å². The quantitative estimate of drug-likeness (QED) is 0.645. The molecule has 1 amide bonds. The zero-order chi connectivity index (χ0) is 14.4. The molecule has 1 rings (SSSR count). The van der Waals surface area contributed by atoms with Crippen molar-refractivity contribution in [1.29, 1.82) is 0 Å². The number of amides is 1. The summed E-state index contributed by atoms with van der Waals surface area (Å²) in [6, 6.07) is 5.90. The number of rotatable bonds is 5. The van der Waals surface area contributed by atoms with Crippen LogP contribution in [-0.4, -0.2) is 22.7 Å². The van der Waals surface area contributed by atoms with E-state index >= 15 is 0 Å². The van der Waals surface area contributed by atoms with Crippen LogP contribution in [0.5, 0.6) is 0 Å². The summed E-state index contributed by atoms with van der Waals surface area (Å²) in [5, 5.41) is 11.0. The van der Waals surface area contributed by atoms with Crippen LogP contribution in [0.25, 0.3) is 6.08 Å². The third-order valence-corrected chi connectivity index (χ3v) is 2.68. The summed E-state index contributed by atoms with van der Waals surface area (Å²) in [5.74, 6) is -4.28. The van der Waals surface area contributed by atoms with Gasteiger partial charge in [-0.3, -0.25) is 4.79 Å². The normalized spacial score (nSPS) is 11.5. The Balaban J connectivity index is 2.89. The van der Waals surface area contributed by atoms with Crippen LogP contribution in [0.2, 0.25) is 0 Å². The van der Waals surface area contributed by atoms with Crippen molar-refractivity contribution in [1.82, 2.24) is 5.32 Å². The average molecular weight is 287 g/mol. The first-order chi connectivity index (χ1) is 8.88. The summed E-state index contributed by atoms with van der Waals surface area (Å²) < 4.78 is 24.2. The van der Waals surface area contributed by atoms with Crippen LogP contribution in [0.3, 0.4) is 0 Å². The maximum Gasteiger partial charge on any atom is 0.352 e. The smallest absolute Gasteiger partial charge is 0.352 e. The first kappa shape index (κ1) is 15.2. The molecule has 0 fully saturated rings. The molecule has 0 heterocycles. The first-order valence-electron chi connectivity index (χ1n) is 5.16. The number of carboxylic acid groups (broad SMARTS) is 1. The van der Waals surface area contributed by atoms with Crippen molar-refractivity contribution in [2.24, 2.45) is 0 Å². The van der Waals surface area contributed by atoms with Crippen LogP contribution in [0.4, 0.5) is 8.78 Å². The Morgan fingerprint density at radius 1 is 1.32 bits per heavy atom. The average Bonchev–Trinajstić information content (AvgIpc) is 2.29. The predicted octanol–water partition coefficient (Wildman–Crippen LogP) is 2.56. The number of benzene rings is 1. The fraction of sp³-hybridized carbons (Fsp3) is 0.167. The largest absolute Gasteiger partial charge is 0.477 e. The molecule has 0 aliphatic heterocycles. The summed E-state index contributed by atoms with van der Waals surface area (Å²) in [4.78, 5) is 22.1. The van der Waals surface area contributed by atoms with Gasteiger partial charge in [-0.05, 0) is 23.8 Å². The Bertz CT molecular complexity index is 500. The van der Waals surface area contributed by atoms with Gasteiger partial charge in [0, 0.05) is 11.8 Å². The van der Waals surface area contributed by atoms with Crippen molar-refractivity contribution in [3.63, 3.8) is 0 Å². The zero-order valence-electron chi connectivity index (χ0n) is 9.89. The van der Waals surface area contributed by atoms with Crippen LogP contribution in [0.15, 0.2) is 34.9 Å². The lowest BCUT2D eigenvalue weighted by Gasteiger charge is -2.04. The minimum absolute atomic E-state index is 0.276.